The van der Waals surface area contributed by atoms with Crippen molar-refractivity contribution in [2.75, 3.05) is 0 Å². The largest absolute Gasteiger partial charge is 0.598 e. The van der Waals surface area contributed by atoms with Crippen LogP contribution in [0.25, 0.3) is 6.08 Å². The summed E-state index contributed by atoms with van der Waals surface area (Å²) in [4.78, 5) is 0. The molecule has 76 valence electrons. The highest BCUT2D eigenvalue weighted by molar-refractivity contribution is 7.90. The first-order valence-electron chi connectivity index (χ1n) is 4.43. The molecular weight excluding hydrogens is 194 g/mol. The molecule has 0 aliphatic carbocycles. The van der Waals surface area contributed by atoms with Crippen LogP contribution in [0.15, 0.2) is 36.4 Å². The molecule has 14 heavy (non-hydrogen) atoms. The Labute approximate surface area is 88.1 Å². The molecule has 0 saturated heterocycles. The Morgan fingerprint density at radius 1 is 1.29 bits per heavy atom. The summed E-state index contributed by atoms with van der Waals surface area (Å²) in [5.74, 6) is 0. The predicted molar refractivity (Wildman–Crippen MR) is 61.9 cm³/mol. The maximum Gasteiger partial charge on any atom is 0.157 e. The summed E-state index contributed by atoms with van der Waals surface area (Å²) in [6.45, 7) is 3.70. The first-order valence-corrected chi connectivity index (χ1v) is 5.64. The zero-order valence-electron chi connectivity index (χ0n) is 8.44. The minimum atomic E-state index is -1.34. The van der Waals surface area contributed by atoms with E-state index in [0.29, 0.717) is 0 Å². The molecule has 0 saturated carbocycles. The maximum absolute atomic E-state index is 11.1. The second-order valence-corrected chi connectivity index (χ2v) is 5.29. The van der Waals surface area contributed by atoms with Crippen molar-refractivity contribution in [1.29, 1.82) is 0 Å². The van der Waals surface area contributed by atoms with Gasteiger partial charge in [-0.3, -0.25) is 0 Å². The number of benzene rings is 1. The Morgan fingerprint density at radius 3 is 2.36 bits per heavy atom. The van der Waals surface area contributed by atoms with Gasteiger partial charge in [0.05, 0.1) is 0 Å². The molecule has 1 aromatic rings. The van der Waals surface area contributed by atoms with E-state index in [4.69, 9.17) is 5.14 Å². The zero-order chi connectivity index (χ0) is 10.6. The number of hydrogen-bond donors (Lipinski definition) is 1. The van der Waals surface area contributed by atoms with E-state index < -0.39 is 16.1 Å². The summed E-state index contributed by atoms with van der Waals surface area (Å²) >= 11 is -1.34. The van der Waals surface area contributed by atoms with Crippen LogP contribution in [0.3, 0.4) is 0 Å². The van der Waals surface area contributed by atoms with Crippen LogP contribution < -0.4 is 5.14 Å². The van der Waals surface area contributed by atoms with Gasteiger partial charge in [-0.25, -0.2) is 0 Å². The van der Waals surface area contributed by atoms with Gasteiger partial charge in [-0.1, -0.05) is 36.4 Å². The molecule has 0 aliphatic rings. The average molecular weight is 209 g/mol. The van der Waals surface area contributed by atoms with Crippen LogP contribution in [-0.4, -0.2) is 9.30 Å². The Balaban J connectivity index is 2.74. The van der Waals surface area contributed by atoms with E-state index in [-0.39, 0.29) is 0 Å². The van der Waals surface area contributed by atoms with Crippen LogP contribution in [0.1, 0.15) is 19.4 Å². The predicted octanol–water partition coefficient (Wildman–Crippen LogP) is 2.10. The van der Waals surface area contributed by atoms with Crippen molar-refractivity contribution in [3.63, 3.8) is 0 Å². The van der Waals surface area contributed by atoms with Crippen LogP contribution in [-0.2, 0) is 11.4 Å². The quantitative estimate of drug-likeness (QED) is 0.775. The summed E-state index contributed by atoms with van der Waals surface area (Å²) in [7, 11) is 0. The molecule has 0 heterocycles. The van der Waals surface area contributed by atoms with E-state index in [9.17, 15) is 4.55 Å². The minimum absolute atomic E-state index is 0.476. The van der Waals surface area contributed by atoms with Gasteiger partial charge in [0, 0.05) is 11.4 Å². The molecule has 0 amide bonds. The molecule has 0 aliphatic heterocycles. The Bertz CT molecular complexity index is 306. The normalized spacial score (nSPS) is 14.6. The topological polar surface area (TPSA) is 49.1 Å². The molecule has 1 atom stereocenters. The van der Waals surface area contributed by atoms with Crippen molar-refractivity contribution in [3.8, 4) is 0 Å². The zero-order valence-corrected chi connectivity index (χ0v) is 9.25. The van der Waals surface area contributed by atoms with Gasteiger partial charge in [-0.05, 0) is 25.5 Å². The highest BCUT2D eigenvalue weighted by atomic mass is 32.2. The minimum Gasteiger partial charge on any atom is -0.598 e. The third kappa shape index (κ3) is 3.18. The standard InChI is InChI=1S/C11H15NOS/c1-11(2,14(12)13)9-8-10-6-4-3-5-7-10/h3-9H,12H2,1-2H3. The lowest BCUT2D eigenvalue weighted by atomic mass is 10.1. The fourth-order valence-electron chi connectivity index (χ4n) is 0.928. The molecule has 0 fully saturated rings. The Hall–Kier alpha value is -0.770. The van der Waals surface area contributed by atoms with Gasteiger partial charge in [-0.15, -0.1) is 0 Å². The van der Waals surface area contributed by atoms with E-state index in [1.165, 1.54) is 0 Å². The number of nitrogens with two attached hydrogens (primary N) is 1. The van der Waals surface area contributed by atoms with Crippen LogP contribution in [0.4, 0.5) is 0 Å². The molecule has 1 unspecified atom stereocenters. The van der Waals surface area contributed by atoms with E-state index in [2.05, 4.69) is 0 Å². The van der Waals surface area contributed by atoms with Crippen molar-refractivity contribution in [1.82, 2.24) is 0 Å². The second-order valence-electron chi connectivity index (χ2n) is 3.64. The highest BCUT2D eigenvalue weighted by Gasteiger charge is 2.25. The van der Waals surface area contributed by atoms with Gasteiger partial charge < -0.3 is 4.55 Å². The van der Waals surface area contributed by atoms with Crippen LogP contribution in [0.5, 0.6) is 0 Å². The highest BCUT2D eigenvalue weighted by Crippen LogP contribution is 2.16. The van der Waals surface area contributed by atoms with Crippen molar-refractivity contribution in [2.24, 2.45) is 5.14 Å². The smallest absolute Gasteiger partial charge is 0.157 e. The molecule has 0 bridgehead atoms. The second kappa shape index (κ2) is 4.64. The third-order valence-electron chi connectivity index (χ3n) is 2.00. The Morgan fingerprint density at radius 2 is 1.86 bits per heavy atom. The summed E-state index contributed by atoms with van der Waals surface area (Å²) in [6.07, 6.45) is 3.81. The Kier molecular flexibility index (Phi) is 3.75. The van der Waals surface area contributed by atoms with Crippen molar-refractivity contribution in [3.05, 3.63) is 42.0 Å². The van der Waals surface area contributed by atoms with E-state index in [1.54, 1.807) is 0 Å². The van der Waals surface area contributed by atoms with Crippen molar-refractivity contribution < 1.29 is 4.55 Å². The SMILES string of the molecule is CC(C)(C=Cc1ccccc1)[S+](N)[O-]. The number of hydrogen-bond acceptors (Lipinski definition) is 2. The van der Waals surface area contributed by atoms with E-state index in [0.717, 1.165) is 5.56 Å². The van der Waals surface area contributed by atoms with Crippen LogP contribution in [0, 0.1) is 0 Å². The van der Waals surface area contributed by atoms with Crippen molar-refractivity contribution in [2.45, 2.75) is 18.6 Å². The first kappa shape index (κ1) is 11.3. The molecule has 0 aromatic heterocycles. The van der Waals surface area contributed by atoms with E-state index in [1.807, 2.05) is 56.3 Å². The average Bonchev–Trinajstić information content (AvgIpc) is 2.16. The summed E-state index contributed by atoms with van der Waals surface area (Å²) in [5.41, 5.74) is 1.09. The monoisotopic (exact) mass is 209 g/mol. The molecule has 2 nitrogen and oxygen atoms in total. The molecule has 0 radical (unpaired) electrons. The maximum atomic E-state index is 11.1. The molecule has 2 N–H and O–H groups in total. The summed E-state index contributed by atoms with van der Waals surface area (Å²) < 4.78 is 10.6. The van der Waals surface area contributed by atoms with Gasteiger partial charge in [-0.2, -0.15) is 5.14 Å². The lowest BCUT2D eigenvalue weighted by molar-refractivity contribution is 0.573. The molecule has 3 heteroatoms. The van der Waals surface area contributed by atoms with Gasteiger partial charge in [0.15, 0.2) is 4.75 Å². The van der Waals surface area contributed by atoms with E-state index >= 15 is 0 Å². The lowest BCUT2D eigenvalue weighted by Gasteiger charge is -2.19. The third-order valence-corrected chi connectivity index (χ3v) is 3.17. The summed E-state index contributed by atoms with van der Waals surface area (Å²) in [6, 6.07) is 9.87. The van der Waals surface area contributed by atoms with Crippen LogP contribution in [0.2, 0.25) is 0 Å². The molecule has 0 spiro atoms. The van der Waals surface area contributed by atoms with Gasteiger partial charge >= 0.3 is 0 Å². The van der Waals surface area contributed by atoms with Gasteiger partial charge in [0.25, 0.3) is 0 Å². The fourth-order valence-corrected chi connectivity index (χ4v) is 1.13. The molecule has 1 aromatic carbocycles. The van der Waals surface area contributed by atoms with Crippen molar-refractivity contribution >= 4 is 17.4 Å². The molecule has 1 rings (SSSR count). The van der Waals surface area contributed by atoms with Crippen LogP contribution >= 0.6 is 0 Å². The lowest BCUT2D eigenvalue weighted by Crippen LogP contribution is -2.35. The summed E-state index contributed by atoms with van der Waals surface area (Å²) in [5, 5.41) is 5.36. The van der Waals surface area contributed by atoms with Gasteiger partial charge in [0.2, 0.25) is 0 Å². The number of rotatable bonds is 3. The first-order chi connectivity index (χ1) is 6.52. The van der Waals surface area contributed by atoms with Gasteiger partial charge in [0.1, 0.15) is 0 Å². The molecular formula is C11H15NOS. The fraction of sp³-hybridized carbons (Fsp3) is 0.273.